The smallest absolute Gasteiger partial charge is 0.234 e. The summed E-state index contributed by atoms with van der Waals surface area (Å²) in [5.74, 6) is -1.24. The molecular weight excluding hydrogens is 495 g/mol. The van der Waals surface area contributed by atoms with Gasteiger partial charge in [-0.05, 0) is 79.0 Å². The van der Waals surface area contributed by atoms with Crippen LogP contribution >= 0.6 is 0 Å². The van der Waals surface area contributed by atoms with Crippen LogP contribution in [0.25, 0.3) is 0 Å². The highest BCUT2D eigenvalue weighted by molar-refractivity contribution is 6.32. The third kappa shape index (κ3) is 7.12. The van der Waals surface area contributed by atoms with E-state index in [1.165, 1.54) is 24.3 Å². The van der Waals surface area contributed by atoms with Crippen LogP contribution in [0, 0.1) is 17.6 Å². The molecule has 3 aromatic rings. The van der Waals surface area contributed by atoms with Gasteiger partial charge >= 0.3 is 0 Å². The Labute approximate surface area is 229 Å². The first-order valence-electron chi connectivity index (χ1n) is 13.8. The molecule has 0 aliphatic heterocycles. The summed E-state index contributed by atoms with van der Waals surface area (Å²) >= 11 is 0. The SMILES string of the molecule is Bc1ccc([C@@H]2C[C@H](NC(=O)CNC3CC3)CC[C@H]2C(=O)NC(c2ccc(F)cc2)c2ccc(F)cc2)cc1. The lowest BCUT2D eigenvalue weighted by Gasteiger charge is -2.37. The van der Waals surface area contributed by atoms with Crippen molar-refractivity contribution >= 4 is 25.1 Å². The van der Waals surface area contributed by atoms with E-state index in [2.05, 4.69) is 28.1 Å². The highest BCUT2D eigenvalue weighted by Gasteiger charge is 2.37. The standard InChI is InChI=1S/C31H34BF2N3O2/c32-22-7-1-19(2-8-22)28-17-26(36-29(38)18-35-25-13-14-25)15-16-27(28)31(39)37-30(20-3-9-23(33)10-4-20)21-5-11-24(34)12-6-21/h1-12,25-28,30,35H,13-18,32H2,(H,36,38)(H,37,39)/t26-,27-,28+/m1/s1. The van der Waals surface area contributed by atoms with Gasteiger partial charge < -0.3 is 16.0 Å². The van der Waals surface area contributed by atoms with E-state index in [-0.39, 0.29) is 41.3 Å². The van der Waals surface area contributed by atoms with Crippen molar-refractivity contribution in [3.63, 3.8) is 0 Å². The van der Waals surface area contributed by atoms with Crippen LogP contribution in [0.3, 0.4) is 0 Å². The van der Waals surface area contributed by atoms with Crippen molar-refractivity contribution in [2.24, 2.45) is 5.92 Å². The van der Waals surface area contributed by atoms with Gasteiger partial charge in [0.1, 0.15) is 19.5 Å². The highest BCUT2D eigenvalue weighted by Crippen LogP contribution is 2.39. The number of hydrogen-bond acceptors (Lipinski definition) is 3. The number of carbonyl (C=O) groups excluding carboxylic acids is 2. The molecular formula is C31H34BF2N3O2. The Morgan fingerprint density at radius 3 is 1.92 bits per heavy atom. The molecule has 8 heteroatoms. The Hall–Kier alpha value is -3.52. The molecule has 0 radical (unpaired) electrons. The van der Waals surface area contributed by atoms with E-state index in [1.807, 2.05) is 20.0 Å². The fourth-order valence-electron chi connectivity index (χ4n) is 5.52. The fourth-order valence-corrected chi connectivity index (χ4v) is 5.52. The predicted molar refractivity (Wildman–Crippen MR) is 150 cm³/mol. The number of rotatable bonds is 9. The van der Waals surface area contributed by atoms with Crippen LogP contribution in [0.15, 0.2) is 72.8 Å². The van der Waals surface area contributed by atoms with Gasteiger partial charge in [-0.3, -0.25) is 9.59 Å². The van der Waals surface area contributed by atoms with E-state index >= 15 is 0 Å². The Morgan fingerprint density at radius 1 is 0.795 bits per heavy atom. The molecule has 0 spiro atoms. The highest BCUT2D eigenvalue weighted by atomic mass is 19.1. The van der Waals surface area contributed by atoms with E-state index < -0.39 is 6.04 Å². The van der Waals surface area contributed by atoms with E-state index in [0.29, 0.717) is 43.0 Å². The Morgan fingerprint density at radius 2 is 1.36 bits per heavy atom. The summed E-state index contributed by atoms with van der Waals surface area (Å²) in [6.45, 7) is 0.317. The molecule has 0 unspecified atom stereocenters. The third-order valence-corrected chi connectivity index (χ3v) is 7.88. The Balaban J connectivity index is 1.35. The van der Waals surface area contributed by atoms with Crippen molar-refractivity contribution in [1.82, 2.24) is 16.0 Å². The molecule has 2 fully saturated rings. The molecule has 2 saturated carbocycles. The zero-order chi connectivity index (χ0) is 27.4. The first-order chi connectivity index (χ1) is 18.9. The first-order valence-corrected chi connectivity index (χ1v) is 13.8. The lowest BCUT2D eigenvalue weighted by Crippen LogP contribution is -2.47. The number of benzene rings is 3. The van der Waals surface area contributed by atoms with Gasteiger partial charge in [-0.15, -0.1) is 0 Å². The second-order valence-electron chi connectivity index (χ2n) is 10.9. The normalized spacial score (nSPS) is 20.9. The minimum Gasteiger partial charge on any atom is -0.352 e. The molecule has 2 aliphatic carbocycles. The van der Waals surface area contributed by atoms with Gasteiger partial charge in [-0.25, -0.2) is 8.78 Å². The van der Waals surface area contributed by atoms with Gasteiger partial charge in [0.25, 0.3) is 0 Å². The summed E-state index contributed by atoms with van der Waals surface area (Å²) < 4.78 is 27.3. The summed E-state index contributed by atoms with van der Waals surface area (Å²) in [6.07, 6.45) is 4.23. The van der Waals surface area contributed by atoms with Crippen LogP contribution in [0.1, 0.15) is 60.8 Å². The number of nitrogens with one attached hydrogen (secondary N) is 3. The number of carbonyl (C=O) groups is 2. The van der Waals surface area contributed by atoms with Crippen molar-refractivity contribution in [3.8, 4) is 0 Å². The molecule has 2 aliphatic rings. The average Bonchev–Trinajstić information content (AvgIpc) is 3.77. The molecule has 202 valence electrons. The molecule has 0 saturated heterocycles. The van der Waals surface area contributed by atoms with Crippen LogP contribution in [0.2, 0.25) is 0 Å². The minimum absolute atomic E-state index is 0.00913. The van der Waals surface area contributed by atoms with Gasteiger partial charge in [-0.2, -0.15) is 0 Å². The topological polar surface area (TPSA) is 70.2 Å². The van der Waals surface area contributed by atoms with Crippen LogP contribution in [0.4, 0.5) is 8.78 Å². The van der Waals surface area contributed by atoms with Crippen molar-refractivity contribution in [3.05, 3.63) is 101 Å². The molecule has 5 rings (SSSR count). The van der Waals surface area contributed by atoms with E-state index in [0.717, 1.165) is 23.9 Å². The van der Waals surface area contributed by atoms with Crippen molar-refractivity contribution in [2.45, 2.75) is 56.1 Å². The summed E-state index contributed by atoms with van der Waals surface area (Å²) in [5, 5.41) is 9.61. The second kappa shape index (κ2) is 12.1. The summed E-state index contributed by atoms with van der Waals surface area (Å²) in [7, 11) is 2.03. The van der Waals surface area contributed by atoms with E-state index in [9.17, 15) is 18.4 Å². The molecule has 0 bridgehead atoms. The van der Waals surface area contributed by atoms with Crippen molar-refractivity contribution in [2.75, 3.05) is 6.54 Å². The lowest BCUT2D eigenvalue weighted by molar-refractivity contribution is -0.127. The predicted octanol–water partition coefficient (Wildman–Crippen LogP) is 3.25. The monoisotopic (exact) mass is 529 g/mol. The maximum Gasteiger partial charge on any atom is 0.234 e. The maximum atomic E-state index is 13.9. The Kier molecular flexibility index (Phi) is 8.41. The summed E-state index contributed by atoms with van der Waals surface area (Å²) in [4.78, 5) is 26.4. The molecule has 5 nitrogen and oxygen atoms in total. The number of hydrogen-bond donors (Lipinski definition) is 3. The zero-order valence-electron chi connectivity index (χ0n) is 22.1. The van der Waals surface area contributed by atoms with Crippen LogP contribution < -0.4 is 21.4 Å². The summed E-state index contributed by atoms with van der Waals surface area (Å²) in [6, 6.07) is 20.1. The maximum absolute atomic E-state index is 13.9. The van der Waals surface area contributed by atoms with E-state index in [1.54, 1.807) is 24.3 Å². The molecule has 0 heterocycles. The Bertz CT molecular complexity index is 1240. The van der Waals surface area contributed by atoms with Crippen LogP contribution in [0.5, 0.6) is 0 Å². The molecule has 3 N–H and O–H groups in total. The molecule has 39 heavy (non-hydrogen) atoms. The number of halogens is 2. The van der Waals surface area contributed by atoms with E-state index in [4.69, 9.17) is 0 Å². The van der Waals surface area contributed by atoms with Gasteiger partial charge in [0.15, 0.2) is 0 Å². The zero-order valence-corrected chi connectivity index (χ0v) is 22.1. The summed E-state index contributed by atoms with van der Waals surface area (Å²) in [5.41, 5.74) is 3.63. The van der Waals surface area contributed by atoms with Crippen molar-refractivity contribution < 1.29 is 18.4 Å². The van der Waals surface area contributed by atoms with Crippen LogP contribution in [-0.2, 0) is 9.59 Å². The first kappa shape index (κ1) is 27.1. The quantitative estimate of drug-likeness (QED) is 0.373. The van der Waals surface area contributed by atoms with Crippen molar-refractivity contribution in [1.29, 1.82) is 0 Å². The van der Waals surface area contributed by atoms with Crippen LogP contribution in [-0.4, -0.2) is 38.3 Å². The fraction of sp³-hybridized carbons (Fsp3) is 0.355. The number of amides is 2. The molecule has 3 atom stereocenters. The average molecular weight is 529 g/mol. The second-order valence-corrected chi connectivity index (χ2v) is 10.9. The van der Waals surface area contributed by atoms with Gasteiger partial charge in [0.2, 0.25) is 11.8 Å². The molecule has 2 amide bonds. The largest absolute Gasteiger partial charge is 0.352 e. The third-order valence-electron chi connectivity index (χ3n) is 7.88. The lowest BCUT2D eigenvalue weighted by atomic mass is 9.72. The van der Waals surface area contributed by atoms with Gasteiger partial charge in [-0.1, -0.05) is 54.0 Å². The minimum atomic E-state index is -0.553. The molecule has 0 aromatic heterocycles. The van der Waals surface area contributed by atoms with Gasteiger partial charge in [0, 0.05) is 18.0 Å². The van der Waals surface area contributed by atoms with Gasteiger partial charge in [0.05, 0.1) is 12.6 Å². The molecule has 3 aromatic carbocycles.